The number of hydrogen-bond acceptors (Lipinski definition) is 4. The lowest BCUT2D eigenvalue weighted by molar-refractivity contribution is 0.0706. The van der Waals surface area contributed by atoms with Crippen molar-refractivity contribution in [1.29, 1.82) is 0 Å². The smallest absolute Gasteiger partial charge is 0.272 e. The number of nitrogens with zero attached hydrogens (tertiary/aromatic N) is 4. The Morgan fingerprint density at radius 2 is 1.86 bits per heavy atom. The number of anilines is 1. The highest BCUT2D eigenvalue weighted by molar-refractivity contribution is 5.92. The fourth-order valence-electron chi connectivity index (χ4n) is 3.79. The molecule has 0 aliphatic carbocycles. The van der Waals surface area contributed by atoms with Gasteiger partial charge in [0.25, 0.3) is 5.91 Å². The van der Waals surface area contributed by atoms with Gasteiger partial charge < -0.3 is 10.2 Å². The number of nitrogens with one attached hydrogen (secondary N) is 1. The van der Waals surface area contributed by atoms with E-state index in [-0.39, 0.29) is 11.4 Å². The SMILES string of the molecule is CC(C)(C)Nc1c(C2CCN(C(=O)c3ccccn3)CC2)nc2ccccn12. The Morgan fingerprint density at radius 3 is 2.54 bits per heavy atom. The maximum Gasteiger partial charge on any atom is 0.272 e. The number of carbonyl (C=O) groups is 1. The van der Waals surface area contributed by atoms with Gasteiger partial charge in [-0.1, -0.05) is 12.1 Å². The maximum atomic E-state index is 12.7. The Bertz CT molecular complexity index is 966. The predicted molar refractivity (Wildman–Crippen MR) is 111 cm³/mol. The van der Waals surface area contributed by atoms with Crippen LogP contribution in [0.1, 0.15) is 55.7 Å². The van der Waals surface area contributed by atoms with Gasteiger partial charge in [-0.2, -0.15) is 0 Å². The second-order valence-corrected chi connectivity index (χ2v) is 8.43. The monoisotopic (exact) mass is 377 g/mol. The van der Waals surface area contributed by atoms with Crippen LogP contribution in [0.3, 0.4) is 0 Å². The fourth-order valence-corrected chi connectivity index (χ4v) is 3.79. The van der Waals surface area contributed by atoms with E-state index in [0.717, 1.165) is 43.1 Å². The number of rotatable bonds is 3. The van der Waals surface area contributed by atoms with Crippen molar-refractivity contribution in [3.8, 4) is 0 Å². The molecule has 0 radical (unpaired) electrons. The number of fused-ring (bicyclic) bond motifs is 1. The van der Waals surface area contributed by atoms with E-state index in [4.69, 9.17) is 4.98 Å². The normalized spacial score (nSPS) is 15.8. The molecule has 28 heavy (non-hydrogen) atoms. The number of imidazole rings is 1. The zero-order valence-electron chi connectivity index (χ0n) is 16.7. The molecule has 1 N–H and O–H groups in total. The van der Waals surface area contributed by atoms with Crippen molar-refractivity contribution >= 4 is 17.4 Å². The third-order valence-corrected chi connectivity index (χ3v) is 5.10. The van der Waals surface area contributed by atoms with E-state index in [2.05, 4.69) is 41.7 Å². The van der Waals surface area contributed by atoms with Crippen LogP contribution < -0.4 is 5.32 Å². The molecule has 1 amide bonds. The summed E-state index contributed by atoms with van der Waals surface area (Å²) in [5.74, 6) is 1.41. The average molecular weight is 377 g/mol. The molecule has 0 saturated carbocycles. The Hall–Kier alpha value is -2.89. The number of hydrogen-bond donors (Lipinski definition) is 1. The van der Waals surface area contributed by atoms with Crippen molar-refractivity contribution in [2.75, 3.05) is 18.4 Å². The van der Waals surface area contributed by atoms with Crippen molar-refractivity contribution in [2.45, 2.75) is 45.1 Å². The van der Waals surface area contributed by atoms with Crippen LogP contribution in [-0.4, -0.2) is 43.8 Å². The van der Waals surface area contributed by atoms with Gasteiger partial charge in [0.1, 0.15) is 17.2 Å². The lowest BCUT2D eigenvalue weighted by atomic mass is 9.92. The van der Waals surface area contributed by atoms with Crippen molar-refractivity contribution in [2.24, 2.45) is 0 Å². The molecule has 1 fully saturated rings. The summed E-state index contributed by atoms with van der Waals surface area (Å²) in [4.78, 5) is 23.7. The van der Waals surface area contributed by atoms with Gasteiger partial charge in [-0.15, -0.1) is 0 Å². The quantitative estimate of drug-likeness (QED) is 0.750. The summed E-state index contributed by atoms with van der Waals surface area (Å²) in [5, 5.41) is 3.64. The third-order valence-electron chi connectivity index (χ3n) is 5.10. The minimum atomic E-state index is -0.0593. The summed E-state index contributed by atoms with van der Waals surface area (Å²) < 4.78 is 2.13. The maximum absolute atomic E-state index is 12.7. The van der Waals surface area contributed by atoms with Crippen LogP contribution in [0.2, 0.25) is 0 Å². The van der Waals surface area contributed by atoms with E-state index < -0.39 is 0 Å². The van der Waals surface area contributed by atoms with Crippen LogP contribution in [0.4, 0.5) is 5.82 Å². The Morgan fingerprint density at radius 1 is 1.11 bits per heavy atom. The summed E-state index contributed by atoms with van der Waals surface area (Å²) in [6, 6.07) is 11.5. The van der Waals surface area contributed by atoms with E-state index in [1.54, 1.807) is 12.3 Å². The van der Waals surface area contributed by atoms with Crippen molar-refractivity contribution < 1.29 is 4.79 Å². The first kappa shape index (κ1) is 18.5. The highest BCUT2D eigenvalue weighted by Gasteiger charge is 2.29. The molecule has 6 heteroatoms. The van der Waals surface area contributed by atoms with Crippen LogP contribution >= 0.6 is 0 Å². The molecule has 0 spiro atoms. The zero-order valence-corrected chi connectivity index (χ0v) is 16.7. The number of aromatic nitrogens is 3. The minimum Gasteiger partial charge on any atom is -0.365 e. The van der Waals surface area contributed by atoms with Crippen LogP contribution in [0.15, 0.2) is 48.8 Å². The van der Waals surface area contributed by atoms with Crippen molar-refractivity contribution in [1.82, 2.24) is 19.3 Å². The number of pyridine rings is 2. The molecule has 6 nitrogen and oxygen atoms in total. The number of likely N-dealkylation sites (tertiary alicyclic amines) is 1. The largest absolute Gasteiger partial charge is 0.365 e. The summed E-state index contributed by atoms with van der Waals surface area (Å²) in [5.41, 5.74) is 2.52. The molecule has 0 atom stereocenters. The number of carbonyl (C=O) groups excluding carboxylic acids is 1. The molecular weight excluding hydrogens is 350 g/mol. The van der Waals surface area contributed by atoms with E-state index in [0.29, 0.717) is 11.6 Å². The molecule has 1 aliphatic heterocycles. The molecule has 3 aromatic heterocycles. The van der Waals surface area contributed by atoms with Crippen LogP contribution in [0.25, 0.3) is 5.65 Å². The van der Waals surface area contributed by atoms with E-state index in [1.807, 2.05) is 35.2 Å². The topological polar surface area (TPSA) is 62.5 Å². The summed E-state index contributed by atoms with van der Waals surface area (Å²) in [7, 11) is 0. The lowest BCUT2D eigenvalue weighted by Gasteiger charge is -2.32. The Labute approximate surface area is 165 Å². The molecular formula is C22H27N5O. The Kier molecular flexibility index (Phi) is 4.79. The van der Waals surface area contributed by atoms with E-state index in [9.17, 15) is 4.79 Å². The third kappa shape index (κ3) is 3.72. The minimum absolute atomic E-state index is 0.0158. The summed E-state index contributed by atoms with van der Waals surface area (Å²) in [6.45, 7) is 7.93. The van der Waals surface area contributed by atoms with Gasteiger partial charge in [-0.05, 0) is 57.9 Å². The fraction of sp³-hybridized carbons (Fsp3) is 0.409. The molecule has 1 saturated heterocycles. The van der Waals surface area contributed by atoms with E-state index in [1.165, 1.54) is 0 Å². The standard InChI is InChI=1S/C22H27N5O/c1-22(2,3)25-20-19(24-18-9-5-7-13-27(18)20)16-10-14-26(15-11-16)21(28)17-8-4-6-12-23-17/h4-9,12-13,16,25H,10-11,14-15H2,1-3H3. The van der Waals surface area contributed by atoms with Crippen molar-refractivity contribution in [3.63, 3.8) is 0 Å². The second kappa shape index (κ2) is 7.26. The predicted octanol–water partition coefficient (Wildman–Crippen LogP) is 3.96. The molecule has 0 unspecified atom stereocenters. The zero-order chi connectivity index (χ0) is 19.7. The first-order valence-corrected chi connectivity index (χ1v) is 9.88. The highest BCUT2D eigenvalue weighted by Crippen LogP contribution is 2.34. The lowest BCUT2D eigenvalue weighted by Crippen LogP contribution is -2.38. The van der Waals surface area contributed by atoms with Crippen LogP contribution in [0, 0.1) is 0 Å². The first-order chi connectivity index (χ1) is 13.4. The molecule has 1 aliphatic rings. The van der Waals surface area contributed by atoms with E-state index >= 15 is 0 Å². The van der Waals surface area contributed by atoms with Gasteiger partial charge in [0, 0.05) is 36.9 Å². The highest BCUT2D eigenvalue weighted by atomic mass is 16.2. The molecule has 3 aromatic rings. The molecule has 4 heterocycles. The average Bonchev–Trinajstić information content (AvgIpc) is 3.05. The van der Waals surface area contributed by atoms with Crippen molar-refractivity contribution in [3.05, 3.63) is 60.2 Å². The summed E-state index contributed by atoms with van der Waals surface area (Å²) >= 11 is 0. The molecule has 4 rings (SSSR count). The van der Waals surface area contributed by atoms with Crippen LogP contribution in [0.5, 0.6) is 0 Å². The van der Waals surface area contributed by atoms with Gasteiger partial charge in [-0.25, -0.2) is 4.98 Å². The van der Waals surface area contributed by atoms with Gasteiger partial charge in [-0.3, -0.25) is 14.2 Å². The van der Waals surface area contributed by atoms with Gasteiger partial charge in [0.2, 0.25) is 0 Å². The number of amides is 1. The van der Waals surface area contributed by atoms with Gasteiger partial charge in [0.15, 0.2) is 0 Å². The molecule has 146 valence electrons. The van der Waals surface area contributed by atoms with Gasteiger partial charge >= 0.3 is 0 Å². The number of piperidine rings is 1. The van der Waals surface area contributed by atoms with Gasteiger partial charge in [0.05, 0.1) is 5.69 Å². The second-order valence-electron chi connectivity index (χ2n) is 8.43. The Balaban J connectivity index is 1.55. The molecule has 0 aromatic carbocycles. The van der Waals surface area contributed by atoms with Crippen LogP contribution in [-0.2, 0) is 0 Å². The first-order valence-electron chi connectivity index (χ1n) is 9.88. The molecule has 0 bridgehead atoms. The summed E-state index contributed by atoms with van der Waals surface area (Å²) in [6.07, 6.45) is 5.53.